The van der Waals surface area contributed by atoms with E-state index in [-0.39, 0.29) is 5.82 Å². The highest BCUT2D eigenvalue weighted by Crippen LogP contribution is 2.35. The van der Waals surface area contributed by atoms with Crippen LogP contribution in [0.4, 0.5) is 4.39 Å². The number of aliphatic imine (C=N–C) groups is 1. The van der Waals surface area contributed by atoms with Crippen LogP contribution in [-0.4, -0.2) is 29.2 Å². The van der Waals surface area contributed by atoms with Gasteiger partial charge in [0.25, 0.3) is 0 Å². The Morgan fingerprint density at radius 3 is 2.92 bits per heavy atom. The molecule has 0 bridgehead atoms. The van der Waals surface area contributed by atoms with Crippen LogP contribution in [0.3, 0.4) is 0 Å². The second-order valence-corrected chi connectivity index (χ2v) is 6.77. The van der Waals surface area contributed by atoms with E-state index in [0.29, 0.717) is 38.6 Å². The smallest absolute Gasteiger partial charge is 0.338 e. The Kier molecular flexibility index (Phi) is 5.29. The SMILES string of the molecule is COC(=O)C1=C(CBr)NC(c2nccs2)=NC1c1cccc(F)c1C. The van der Waals surface area contributed by atoms with Crippen molar-refractivity contribution < 1.29 is 13.9 Å². The first kappa shape index (κ1) is 17.8. The van der Waals surface area contributed by atoms with Crippen molar-refractivity contribution >= 4 is 39.1 Å². The molecule has 0 amide bonds. The van der Waals surface area contributed by atoms with E-state index in [2.05, 4.69) is 31.2 Å². The van der Waals surface area contributed by atoms with Crippen molar-refractivity contribution in [2.75, 3.05) is 12.4 Å². The Morgan fingerprint density at radius 1 is 1.48 bits per heavy atom. The van der Waals surface area contributed by atoms with E-state index in [1.807, 2.05) is 5.38 Å². The lowest BCUT2D eigenvalue weighted by Crippen LogP contribution is -2.34. The standard InChI is InChI=1S/C17H15BrFN3O2S/c1-9-10(4-3-5-11(9)19)14-13(17(23)24-2)12(8-18)21-15(22-14)16-20-6-7-25-16/h3-7,14H,8H2,1-2H3,(H,21,22). The molecule has 25 heavy (non-hydrogen) atoms. The Bertz CT molecular complexity index is 865. The zero-order valence-corrected chi connectivity index (χ0v) is 15.9. The largest absolute Gasteiger partial charge is 0.466 e. The average Bonchev–Trinajstić information content (AvgIpc) is 3.17. The summed E-state index contributed by atoms with van der Waals surface area (Å²) in [6.07, 6.45) is 1.68. The molecule has 0 aliphatic carbocycles. The molecule has 1 aliphatic heterocycles. The van der Waals surface area contributed by atoms with Crippen LogP contribution in [-0.2, 0) is 9.53 Å². The molecule has 1 unspecified atom stereocenters. The van der Waals surface area contributed by atoms with Gasteiger partial charge in [-0.15, -0.1) is 11.3 Å². The fourth-order valence-electron chi connectivity index (χ4n) is 2.65. The van der Waals surface area contributed by atoms with Gasteiger partial charge in [-0.25, -0.2) is 14.2 Å². The summed E-state index contributed by atoms with van der Waals surface area (Å²) in [6, 6.07) is 4.10. The fraction of sp³-hybridized carbons (Fsp3) is 0.235. The summed E-state index contributed by atoms with van der Waals surface area (Å²) in [5, 5.41) is 6.07. The van der Waals surface area contributed by atoms with Crippen LogP contribution in [0.5, 0.6) is 0 Å². The number of carbonyl (C=O) groups is 1. The minimum absolute atomic E-state index is 0.341. The third kappa shape index (κ3) is 3.36. The first-order valence-electron chi connectivity index (χ1n) is 7.43. The molecule has 0 saturated heterocycles. The molecule has 0 fully saturated rings. The molecule has 5 nitrogen and oxygen atoms in total. The van der Waals surface area contributed by atoms with Crippen LogP contribution in [0.2, 0.25) is 0 Å². The number of hydrogen-bond donors (Lipinski definition) is 1. The van der Waals surface area contributed by atoms with E-state index in [1.54, 1.807) is 25.3 Å². The molecule has 3 rings (SSSR count). The van der Waals surface area contributed by atoms with E-state index in [1.165, 1.54) is 24.5 Å². The summed E-state index contributed by atoms with van der Waals surface area (Å²) in [4.78, 5) is 21.3. The van der Waals surface area contributed by atoms with E-state index in [0.717, 1.165) is 0 Å². The number of aromatic nitrogens is 1. The quantitative estimate of drug-likeness (QED) is 0.603. The van der Waals surface area contributed by atoms with Crippen LogP contribution >= 0.6 is 27.3 Å². The van der Waals surface area contributed by atoms with Crippen LogP contribution in [0.1, 0.15) is 22.2 Å². The number of carbonyl (C=O) groups excluding carboxylic acids is 1. The van der Waals surface area contributed by atoms with Gasteiger partial charge in [0.15, 0.2) is 10.8 Å². The summed E-state index contributed by atoms with van der Waals surface area (Å²) in [7, 11) is 1.32. The van der Waals surface area contributed by atoms with Crippen LogP contribution in [0.15, 0.2) is 46.0 Å². The van der Waals surface area contributed by atoms with Crippen LogP contribution in [0, 0.1) is 12.7 Å². The zero-order chi connectivity index (χ0) is 18.0. The fourth-order valence-corrected chi connectivity index (χ4v) is 3.68. The van der Waals surface area contributed by atoms with Crippen molar-refractivity contribution in [3.05, 3.63) is 63.0 Å². The van der Waals surface area contributed by atoms with Gasteiger partial charge in [0.1, 0.15) is 11.9 Å². The van der Waals surface area contributed by atoms with Crippen molar-refractivity contribution in [2.24, 2.45) is 4.99 Å². The highest BCUT2D eigenvalue weighted by molar-refractivity contribution is 9.09. The number of nitrogens with zero attached hydrogens (tertiary/aromatic N) is 2. The second-order valence-electron chi connectivity index (χ2n) is 5.31. The number of rotatable bonds is 4. The molecular weight excluding hydrogens is 409 g/mol. The minimum atomic E-state index is -0.671. The first-order valence-corrected chi connectivity index (χ1v) is 9.44. The predicted molar refractivity (Wildman–Crippen MR) is 98.5 cm³/mol. The Balaban J connectivity index is 2.19. The number of thiazole rings is 1. The molecule has 8 heteroatoms. The molecule has 130 valence electrons. The van der Waals surface area contributed by atoms with Gasteiger partial charge in [-0.2, -0.15) is 0 Å². The lowest BCUT2D eigenvalue weighted by atomic mass is 9.92. The molecule has 1 aromatic carbocycles. The molecular formula is C17H15BrFN3O2S. The molecule has 1 atom stereocenters. The molecule has 2 aromatic rings. The molecule has 0 radical (unpaired) electrons. The summed E-state index contributed by atoms with van der Waals surface area (Å²) < 4.78 is 19.0. The maximum absolute atomic E-state index is 14.1. The number of alkyl halides is 1. The summed E-state index contributed by atoms with van der Waals surface area (Å²) >= 11 is 4.83. The highest BCUT2D eigenvalue weighted by Gasteiger charge is 2.33. The predicted octanol–water partition coefficient (Wildman–Crippen LogP) is 3.50. The monoisotopic (exact) mass is 423 g/mol. The number of methoxy groups -OCH3 is 1. The lowest BCUT2D eigenvalue weighted by Gasteiger charge is -2.27. The molecule has 1 N–H and O–H groups in total. The number of halogens is 2. The number of benzene rings is 1. The summed E-state index contributed by atoms with van der Waals surface area (Å²) in [5.41, 5.74) is 2.05. The molecule has 1 aliphatic rings. The topological polar surface area (TPSA) is 63.6 Å². The van der Waals surface area contributed by atoms with Gasteiger partial charge in [0, 0.05) is 22.6 Å². The second kappa shape index (κ2) is 7.45. The Labute approximate surface area is 156 Å². The zero-order valence-electron chi connectivity index (χ0n) is 13.5. The van der Waals surface area contributed by atoms with Gasteiger partial charge in [-0.1, -0.05) is 28.1 Å². The molecule has 0 saturated carbocycles. The molecule has 1 aromatic heterocycles. The van der Waals surface area contributed by atoms with Gasteiger partial charge in [0.2, 0.25) is 0 Å². The third-order valence-electron chi connectivity index (χ3n) is 3.90. The molecule has 2 heterocycles. The van der Waals surface area contributed by atoms with Crippen LogP contribution < -0.4 is 5.32 Å². The molecule has 0 spiro atoms. The van der Waals surface area contributed by atoms with Crippen molar-refractivity contribution in [1.29, 1.82) is 0 Å². The average molecular weight is 424 g/mol. The lowest BCUT2D eigenvalue weighted by molar-refractivity contribution is -0.136. The number of esters is 1. The first-order chi connectivity index (χ1) is 12.1. The van der Waals surface area contributed by atoms with Crippen molar-refractivity contribution in [3.8, 4) is 0 Å². The van der Waals surface area contributed by atoms with Crippen molar-refractivity contribution in [1.82, 2.24) is 10.3 Å². The van der Waals surface area contributed by atoms with Gasteiger partial charge < -0.3 is 10.1 Å². The number of ether oxygens (including phenoxy) is 1. The Morgan fingerprint density at radius 2 is 2.28 bits per heavy atom. The van der Waals surface area contributed by atoms with Gasteiger partial charge in [-0.3, -0.25) is 4.99 Å². The number of nitrogens with one attached hydrogen (secondary N) is 1. The van der Waals surface area contributed by atoms with E-state index >= 15 is 0 Å². The van der Waals surface area contributed by atoms with Crippen molar-refractivity contribution in [3.63, 3.8) is 0 Å². The van der Waals surface area contributed by atoms with Gasteiger partial charge in [0.05, 0.1) is 12.7 Å². The number of amidine groups is 1. The third-order valence-corrected chi connectivity index (χ3v) is 5.24. The van der Waals surface area contributed by atoms with Crippen LogP contribution in [0.25, 0.3) is 0 Å². The number of allylic oxidation sites excluding steroid dienone is 1. The normalized spacial score (nSPS) is 17.1. The summed E-state index contributed by atoms with van der Waals surface area (Å²) in [5.74, 6) is -0.296. The van der Waals surface area contributed by atoms with Gasteiger partial charge in [-0.05, 0) is 24.1 Å². The van der Waals surface area contributed by atoms with Crippen molar-refractivity contribution in [2.45, 2.75) is 13.0 Å². The van der Waals surface area contributed by atoms with E-state index in [9.17, 15) is 9.18 Å². The maximum Gasteiger partial charge on any atom is 0.338 e. The number of hydrogen-bond acceptors (Lipinski definition) is 6. The van der Waals surface area contributed by atoms with Gasteiger partial charge >= 0.3 is 5.97 Å². The van der Waals surface area contributed by atoms with E-state index < -0.39 is 12.0 Å². The van der Waals surface area contributed by atoms with E-state index in [4.69, 9.17) is 4.74 Å². The maximum atomic E-state index is 14.1. The summed E-state index contributed by atoms with van der Waals surface area (Å²) in [6.45, 7) is 1.67. The Hall–Kier alpha value is -2.06. The minimum Gasteiger partial charge on any atom is -0.466 e. The highest BCUT2D eigenvalue weighted by atomic mass is 79.9.